The van der Waals surface area contributed by atoms with Gasteiger partial charge in [0, 0.05) is 11.9 Å². The lowest BCUT2D eigenvalue weighted by molar-refractivity contribution is 0.323. The van der Waals surface area contributed by atoms with Crippen molar-refractivity contribution in [1.82, 2.24) is 4.90 Å². The van der Waals surface area contributed by atoms with Gasteiger partial charge in [0.15, 0.2) is 0 Å². The van der Waals surface area contributed by atoms with Crippen molar-refractivity contribution in [2.45, 2.75) is 26.8 Å². The molecule has 15 heavy (non-hydrogen) atoms. The molecule has 0 saturated heterocycles. The highest BCUT2D eigenvalue weighted by molar-refractivity contribution is 6.18. The van der Waals surface area contributed by atoms with Crippen LogP contribution in [0.1, 0.15) is 28.3 Å². The van der Waals surface area contributed by atoms with Gasteiger partial charge in [-0.25, -0.2) is 0 Å². The normalized spacial score (nSPS) is 13.3. The zero-order valence-electron chi connectivity index (χ0n) is 10.3. The van der Waals surface area contributed by atoms with Crippen LogP contribution in [0.15, 0.2) is 12.1 Å². The van der Waals surface area contributed by atoms with Gasteiger partial charge in [0.1, 0.15) is 0 Å². The van der Waals surface area contributed by atoms with Crippen LogP contribution in [0.4, 0.5) is 0 Å². The Bertz CT molecular complexity index is 345. The second-order valence-corrected chi connectivity index (χ2v) is 4.74. The third kappa shape index (κ3) is 2.73. The van der Waals surface area contributed by atoms with E-state index in [0.29, 0.717) is 11.9 Å². The Morgan fingerprint density at radius 1 is 1.07 bits per heavy atom. The number of nitrogens with zero attached hydrogens (tertiary/aromatic N) is 1. The maximum absolute atomic E-state index is 6.02. The Labute approximate surface area is 98.0 Å². The molecule has 0 amide bonds. The Kier molecular flexibility index (Phi) is 4.18. The Hall–Kier alpha value is -0.530. The molecule has 0 bridgehead atoms. The lowest BCUT2D eigenvalue weighted by Gasteiger charge is -2.25. The van der Waals surface area contributed by atoms with Gasteiger partial charge in [0.05, 0.1) is 0 Å². The fourth-order valence-corrected chi connectivity index (χ4v) is 2.28. The van der Waals surface area contributed by atoms with Crippen molar-refractivity contribution in [1.29, 1.82) is 0 Å². The third-order valence-corrected chi connectivity index (χ3v) is 3.30. The lowest BCUT2D eigenvalue weighted by Crippen LogP contribution is -2.22. The van der Waals surface area contributed by atoms with Crippen LogP contribution in [0.25, 0.3) is 0 Å². The third-order valence-electron chi connectivity index (χ3n) is 3.01. The molecule has 0 radical (unpaired) electrons. The zero-order valence-corrected chi connectivity index (χ0v) is 11.0. The Morgan fingerprint density at radius 2 is 1.60 bits per heavy atom. The van der Waals surface area contributed by atoms with E-state index >= 15 is 0 Å². The molecule has 1 aromatic rings. The number of hydrogen-bond acceptors (Lipinski definition) is 1. The Morgan fingerprint density at radius 3 is 2.07 bits per heavy atom. The van der Waals surface area contributed by atoms with E-state index in [2.05, 4.69) is 51.9 Å². The molecule has 0 aliphatic heterocycles. The second-order valence-electron chi connectivity index (χ2n) is 4.43. The highest BCUT2D eigenvalue weighted by Gasteiger charge is 2.15. The van der Waals surface area contributed by atoms with Crippen molar-refractivity contribution in [2.24, 2.45) is 0 Å². The first-order valence-electron chi connectivity index (χ1n) is 5.27. The number of halogens is 1. The summed E-state index contributed by atoms with van der Waals surface area (Å²) in [5.74, 6) is 0.635. The predicted molar refractivity (Wildman–Crippen MR) is 67.8 cm³/mol. The smallest absolute Gasteiger partial charge is 0.0480 e. The average molecular weight is 226 g/mol. The first kappa shape index (κ1) is 12.5. The summed E-state index contributed by atoms with van der Waals surface area (Å²) in [7, 11) is 4.14. The lowest BCUT2D eigenvalue weighted by atomic mass is 9.96. The van der Waals surface area contributed by atoms with E-state index in [4.69, 9.17) is 11.6 Å². The second kappa shape index (κ2) is 5.00. The summed E-state index contributed by atoms with van der Waals surface area (Å²) < 4.78 is 0. The van der Waals surface area contributed by atoms with E-state index in [1.807, 2.05) is 0 Å². The van der Waals surface area contributed by atoms with Crippen LogP contribution in [0.3, 0.4) is 0 Å². The van der Waals surface area contributed by atoms with Gasteiger partial charge in [-0.1, -0.05) is 12.1 Å². The van der Waals surface area contributed by atoms with Gasteiger partial charge in [-0.15, -0.1) is 11.6 Å². The molecule has 1 unspecified atom stereocenters. The molecule has 0 aromatic heterocycles. The minimum absolute atomic E-state index is 0.311. The van der Waals surface area contributed by atoms with E-state index < -0.39 is 0 Å². The molecule has 0 N–H and O–H groups in total. The minimum atomic E-state index is 0.311. The largest absolute Gasteiger partial charge is 0.301 e. The predicted octanol–water partition coefficient (Wildman–Crippen LogP) is 3.45. The SMILES string of the molecule is Cc1cc(C)c(C(CCl)N(C)C)cc1C. The summed E-state index contributed by atoms with van der Waals surface area (Å²) >= 11 is 6.02. The maximum atomic E-state index is 6.02. The van der Waals surface area contributed by atoms with E-state index in [1.165, 1.54) is 22.3 Å². The van der Waals surface area contributed by atoms with Crippen LogP contribution in [-0.2, 0) is 0 Å². The van der Waals surface area contributed by atoms with E-state index in [1.54, 1.807) is 0 Å². The maximum Gasteiger partial charge on any atom is 0.0480 e. The molecular formula is C13H20ClN. The van der Waals surface area contributed by atoms with Gasteiger partial charge >= 0.3 is 0 Å². The molecule has 0 aliphatic carbocycles. The summed E-state index contributed by atoms with van der Waals surface area (Å²) in [6.45, 7) is 6.46. The van der Waals surface area contributed by atoms with Crippen LogP contribution in [0.5, 0.6) is 0 Å². The first-order valence-corrected chi connectivity index (χ1v) is 5.81. The number of aryl methyl sites for hydroxylation is 3. The molecule has 0 heterocycles. The summed E-state index contributed by atoms with van der Waals surface area (Å²) in [4.78, 5) is 2.17. The summed E-state index contributed by atoms with van der Waals surface area (Å²) in [5, 5.41) is 0. The topological polar surface area (TPSA) is 3.24 Å². The van der Waals surface area contributed by atoms with E-state index in [0.717, 1.165) is 0 Å². The molecular weight excluding hydrogens is 206 g/mol. The quantitative estimate of drug-likeness (QED) is 0.713. The van der Waals surface area contributed by atoms with Crippen LogP contribution in [-0.4, -0.2) is 24.9 Å². The molecule has 1 nitrogen and oxygen atoms in total. The minimum Gasteiger partial charge on any atom is -0.301 e. The van der Waals surface area contributed by atoms with Gasteiger partial charge in [-0.2, -0.15) is 0 Å². The summed E-state index contributed by atoms with van der Waals surface area (Å²) in [6.07, 6.45) is 0. The molecule has 1 aromatic carbocycles. The van der Waals surface area contributed by atoms with Crippen molar-refractivity contribution >= 4 is 11.6 Å². The highest BCUT2D eigenvalue weighted by atomic mass is 35.5. The fraction of sp³-hybridized carbons (Fsp3) is 0.538. The zero-order chi connectivity index (χ0) is 11.6. The number of rotatable bonds is 3. The molecule has 1 rings (SSSR count). The average Bonchev–Trinajstić information content (AvgIpc) is 2.14. The molecule has 84 valence electrons. The van der Waals surface area contributed by atoms with Crippen LogP contribution in [0.2, 0.25) is 0 Å². The van der Waals surface area contributed by atoms with Crippen LogP contribution < -0.4 is 0 Å². The number of alkyl halides is 1. The van der Waals surface area contributed by atoms with Crippen molar-refractivity contribution in [3.05, 3.63) is 34.4 Å². The monoisotopic (exact) mass is 225 g/mol. The fourth-order valence-electron chi connectivity index (χ4n) is 1.84. The van der Waals surface area contributed by atoms with E-state index in [-0.39, 0.29) is 0 Å². The summed E-state index contributed by atoms with van der Waals surface area (Å²) in [6, 6.07) is 4.82. The standard InChI is InChI=1S/C13H20ClN/c1-9-6-11(3)12(7-10(9)2)13(8-14)15(4)5/h6-7,13H,8H2,1-5H3. The summed E-state index contributed by atoms with van der Waals surface area (Å²) in [5.41, 5.74) is 5.37. The molecule has 1 atom stereocenters. The van der Waals surface area contributed by atoms with Crippen molar-refractivity contribution in [3.63, 3.8) is 0 Å². The molecule has 0 fully saturated rings. The van der Waals surface area contributed by atoms with Gasteiger partial charge in [-0.05, 0) is 57.1 Å². The highest BCUT2D eigenvalue weighted by Crippen LogP contribution is 2.25. The molecule has 0 spiro atoms. The van der Waals surface area contributed by atoms with E-state index in [9.17, 15) is 0 Å². The van der Waals surface area contributed by atoms with Crippen molar-refractivity contribution in [3.8, 4) is 0 Å². The molecule has 0 saturated carbocycles. The number of benzene rings is 1. The van der Waals surface area contributed by atoms with Gasteiger partial charge in [-0.3, -0.25) is 0 Å². The molecule has 2 heteroatoms. The van der Waals surface area contributed by atoms with Crippen LogP contribution >= 0.6 is 11.6 Å². The van der Waals surface area contributed by atoms with Gasteiger partial charge in [0.2, 0.25) is 0 Å². The van der Waals surface area contributed by atoms with Crippen molar-refractivity contribution in [2.75, 3.05) is 20.0 Å². The van der Waals surface area contributed by atoms with Crippen LogP contribution in [0, 0.1) is 20.8 Å². The first-order chi connectivity index (χ1) is 6.97. The number of hydrogen-bond donors (Lipinski definition) is 0. The van der Waals surface area contributed by atoms with Gasteiger partial charge in [0.25, 0.3) is 0 Å². The van der Waals surface area contributed by atoms with Crippen molar-refractivity contribution < 1.29 is 0 Å². The Balaban J connectivity index is 3.18. The molecule has 0 aliphatic rings. The van der Waals surface area contributed by atoms with Gasteiger partial charge < -0.3 is 4.90 Å².